The third-order valence-corrected chi connectivity index (χ3v) is 6.41. The molecule has 34 heavy (non-hydrogen) atoms. The number of amides is 1. The number of aryl methyl sites for hydroxylation is 1. The highest BCUT2D eigenvalue weighted by Gasteiger charge is 2.29. The van der Waals surface area contributed by atoms with E-state index in [1.165, 1.54) is 16.7 Å². The highest BCUT2D eigenvalue weighted by atomic mass is 19.1. The summed E-state index contributed by atoms with van der Waals surface area (Å²) >= 11 is 0. The molecular weight excluding hydrogens is 437 g/mol. The molecule has 0 spiro atoms. The van der Waals surface area contributed by atoms with Crippen LogP contribution in [0.5, 0.6) is 0 Å². The molecule has 0 N–H and O–H groups in total. The lowest BCUT2D eigenvalue weighted by Crippen LogP contribution is -2.47. The van der Waals surface area contributed by atoms with Crippen LogP contribution in [0, 0.1) is 12.7 Å². The lowest BCUT2D eigenvalue weighted by atomic mass is 10.1. The minimum atomic E-state index is -0.310. The van der Waals surface area contributed by atoms with Crippen LogP contribution in [0.15, 0.2) is 47.7 Å². The average molecular weight is 466 g/mol. The second kappa shape index (κ2) is 8.72. The summed E-state index contributed by atoms with van der Waals surface area (Å²) in [4.78, 5) is 34.4. The van der Waals surface area contributed by atoms with E-state index in [1.54, 1.807) is 40.2 Å². The molecule has 1 amide bonds. The maximum absolute atomic E-state index is 14.2. The minimum absolute atomic E-state index is 0.0312. The predicted molar refractivity (Wildman–Crippen MR) is 126 cm³/mol. The van der Waals surface area contributed by atoms with Gasteiger partial charge in [0.15, 0.2) is 0 Å². The van der Waals surface area contributed by atoms with Gasteiger partial charge in [0.1, 0.15) is 17.2 Å². The summed E-state index contributed by atoms with van der Waals surface area (Å²) in [5.74, 6) is -0.523. The van der Waals surface area contributed by atoms with Gasteiger partial charge < -0.3 is 23.7 Å². The Bertz CT molecular complexity index is 1290. The Hall–Kier alpha value is -3.46. The molecule has 3 aromatic rings. The van der Waals surface area contributed by atoms with Crippen LogP contribution in [0.25, 0.3) is 5.69 Å². The number of hydrogen-bond donors (Lipinski definition) is 0. The molecule has 9 heteroatoms. The molecule has 2 atom stereocenters. The number of carbonyl (C=O) groups is 1. The van der Waals surface area contributed by atoms with Gasteiger partial charge in [-0.1, -0.05) is 6.07 Å². The number of fused-ring (bicyclic) bond motifs is 1. The summed E-state index contributed by atoms with van der Waals surface area (Å²) < 4.78 is 23.2. The molecule has 0 aliphatic carbocycles. The highest BCUT2D eigenvalue weighted by Crippen LogP contribution is 2.28. The van der Waals surface area contributed by atoms with Gasteiger partial charge in [-0.3, -0.25) is 9.59 Å². The zero-order valence-corrected chi connectivity index (χ0v) is 19.6. The Morgan fingerprint density at radius 2 is 1.82 bits per heavy atom. The Morgan fingerprint density at radius 1 is 1.06 bits per heavy atom. The molecule has 1 fully saturated rings. The van der Waals surface area contributed by atoms with E-state index in [-0.39, 0.29) is 29.5 Å². The van der Waals surface area contributed by atoms with Crippen molar-refractivity contribution < 1.29 is 13.9 Å². The van der Waals surface area contributed by atoms with E-state index in [0.717, 1.165) is 16.9 Å². The lowest BCUT2D eigenvalue weighted by molar-refractivity contribution is -0.00532. The van der Waals surface area contributed by atoms with Crippen LogP contribution >= 0.6 is 0 Å². The minimum Gasteiger partial charge on any atom is -0.372 e. The molecule has 0 bridgehead atoms. The molecule has 1 aromatic carbocycles. The van der Waals surface area contributed by atoms with E-state index in [4.69, 9.17) is 4.74 Å². The SMILES string of the molecule is Cc1cn(-c2ccc3n(c2=O)CCN(Cc2ccc(F)cc2N2CC(C)OC(C)C2)C3=O)cn1. The van der Waals surface area contributed by atoms with Gasteiger partial charge >= 0.3 is 0 Å². The fourth-order valence-electron chi connectivity index (χ4n) is 4.91. The molecule has 0 radical (unpaired) electrons. The Morgan fingerprint density at radius 3 is 2.53 bits per heavy atom. The Balaban J connectivity index is 1.42. The first-order chi connectivity index (χ1) is 16.3. The topological polar surface area (TPSA) is 72.6 Å². The number of aromatic nitrogens is 3. The van der Waals surface area contributed by atoms with Crippen LogP contribution in [0.4, 0.5) is 10.1 Å². The number of imidazole rings is 1. The average Bonchev–Trinajstić information content (AvgIpc) is 3.22. The van der Waals surface area contributed by atoms with Gasteiger partial charge in [0.05, 0.1) is 24.2 Å². The van der Waals surface area contributed by atoms with E-state index in [9.17, 15) is 14.0 Å². The smallest absolute Gasteiger partial charge is 0.275 e. The molecule has 4 heterocycles. The fraction of sp³-hybridized carbons (Fsp3) is 0.400. The summed E-state index contributed by atoms with van der Waals surface area (Å²) in [6.07, 6.45) is 3.44. The summed E-state index contributed by atoms with van der Waals surface area (Å²) in [5.41, 5.74) is 3.06. The number of nitrogens with zero attached hydrogens (tertiary/aromatic N) is 5. The zero-order chi connectivity index (χ0) is 24.0. The lowest BCUT2D eigenvalue weighted by Gasteiger charge is -2.38. The summed E-state index contributed by atoms with van der Waals surface area (Å²) in [7, 11) is 0. The van der Waals surface area contributed by atoms with Crippen LogP contribution in [0.1, 0.15) is 35.6 Å². The monoisotopic (exact) mass is 465 g/mol. The van der Waals surface area contributed by atoms with Crippen molar-refractivity contribution in [2.45, 2.75) is 46.1 Å². The second-order valence-electron chi connectivity index (χ2n) is 9.14. The number of rotatable bonds is 4. The third kappa shape index (κ3) is 4.11. The number of halogens is 1. The number of pyridine rings is 1. The largest absolute Gasteiger partial charge is 0.372 e. The fourth-order valence-corrected chi connectivity index (χ4v) is 4.91. The number of morpholine rings is 1. The first-order valence-electron chi connectivity index (χ1n) is 11.5. The van der Waals surface area contributed by atoms with E-state index < -0.39 is 0 Å². The van der Waals surface area contributed by atoms with Crippen LogP contribution in [0.3, 0.4) is 0 Å². The van der Waals surface area contributed by atoms with Gasteiger partial charge in [0, 0.05) is 44.6 Å². The van der Waals surface area contributed by atoms with Crippen molar-refractivity contribution in [1.82, 2.24) is 19.0 Å². The molecule has 1 saturated heterocycles. The van der Waals surface area contributed by atoms with Crippen molar-refractivity contribution in [2.24, 2.45) is 0 Å². The number of ether oxygens (including phenoxy) is 1. The molecule has 5 rings (SSSR count). The van der Waals surface area contributed by atoms with Gasteiger partial charge in [-0.25, -0.2) is 9.37 Å². The first kappa shape index (κ1) is 22.3. The Kier molecular flexibility index (Phi) is 5.73. The number of carbonyl (C=O) groups excluding carboxylic acids is 1. The normalized spacial score (nSPS) is 20.5. The van der Waals surface area contributed by atoms with E-state index in [0.29, 0.717) is 44.1 Å². The summed E-state index contributed by atoms with van der Waals surface area (Å²) in [6, 6.07) is 8.06. The van der Waals surface area contributed by atoms with Crippen molar-refractivity contribution in [1.29, 1.82) is 0 Å². The molecule has 178 valence electrons. The Labute approximate surface area is 197 Å². The van der Waals surface area contributed by atoms with Crippen molar-refractivity contribution >= 4 is 11.6 Å². The molecule has 2 aromatic heterocycles. The number of hydrogen-bond acceptors (Lipinski definition) is 5. The standard InChI is InChI=1S/C25H28FN5O3/c1-16-11-30(15-27-16)21-6-7-22-24(32)28(8-9-31(22)25(21)33)14-19-4-5-20(26)10-23(19)29-12-17(2)34-18(3)13-29/h4-7,10-11,15,17-18H,8-9,12-14H2,1-3H3. The van der Waals surface area contributed by atoms with Crippen molar-refractivity contribution in [3.05, 3.63) is 76.0 Å². The maximum Gasteiger partial charge on any atom is 0.275 e. The first-order valence-corrected chi connectivity index (χ1v) is 11.5. The molecule has 2 aliphatic heterocycles. The number of benzene rings is 1. The van der Waals surface area contributed by atoms with E-state index in [1.807, 2.05) is 20.8 Å². The van der Waals surface area contributed by atoms with Crippen LogP contribution in [0.2, 0.25) is 0 Å². The van der Waals surface area contributed by atoms with Crippen molar-refractivity contribution in [3.8, 4) is 5.69 Å². The number of anilines is 1. The van der Waals surface area contributed by atoms with Gasteiger partial charge in [-0.05, 0) is 50.6 Å². The molecule has 8 nitrogen and oxygen atoms in total. The zero-order valence-electron chi connectivity index (χ0n) is 19.6. The molecular formula is C25H28FN5O3. The van der Waals surface area contributed by atoms with Gasteiger partial charge in [0.25, 0.3) is 11.5 Å². The quantitative estimate of drug-likeness (QED) is 0.593. The summed E-state index contributed by atoms with van der Waals surface area (Å²) in [5, 5.41) is 0. The van der Waals surface area contributed by atoms with Crippen LogP contribution in [-0.4, -0.2) is 56.8 Å². The molecule has 0 saturated carbocycles. The van der Waals surface area contributed by atoms with Crippen molar-refractivity contribution in [3.63, 3.8) is 0 Å². The van der Waals surface area contributed by atoms with Crippen LogP contribution in [-0.2, 0) is 17.8 Å². The van der Waals surface area contributed by atoms with Gasteiger partial charge in [0.2, 0.25) is 0 Å². The summed E-state index contributed by atoms with van der Waals surface area (Å²) in [6.45, 7) is 8.30. The van der Waals surface area contributed by atoms with Crippen LogP contribution < -0.4 is 10.5 Å². The van der Waals surface area contributed by atoms with Gasteiger partial charge in [-0.2, -0.15) is 0 Å². The predicted octanol–water partition coefficient (Wildman–Crippen LogP) is 2.75. The van der Waals surface area contributed by atoms with E-state index in [2.05, 4.69) is 9.88 Å². The molecule has 2 aliphatic rings. The highest BCUT2D eigenvalue weighted by molar-refractivity contribution is 5.93. The molecule has 2 unspecified atom stereocenters. The van der Waals surface area contributed by atoms with Gasteiger partial charge in [-0.15, -0.1) is 0 Å². The maximum atomic E-state index is 14.2. The second-order valence-corrected chi connectivity index (χ2v) is 9.14. The van der Waals surface area contributed by atoms with Crippen molar-refractivity contribution in [2.75, 3.05) is 24.5 Å². The van der Waals surface area contributed by atoms with E-state index >= 15 is 0 Å². The third-order valence-electron chi connectivity index (χ3n) is 6.41.